The highest BCUT2D eigenvalue weighted by atomic mass is 32.2. The van der Waals surface area contributed by atoms with E-state index in [-0.39, 0.29) is 17.8 Å². The van der Waals surface area contributed by atoms with Crippen molar-refractivity contribution in [2.24, 2.45) is 0 Å². The summed E-state index contributed by atoms with van der Waals surface area (Å²) in [5.74, 6) is -0.244. The molecule has 1 atom stereocenters. The van der Waals surface area contributed by atoms with Gasteiger partial charge in [-0.3, -0.25) is 10.1 Å². The summed E-state index contributed by atoms with van der Waals surface area (Å²) in [6.07, 6.45) is 4.07. The van der Waals surface area contributed by atoms with Crippen molar-refractivity contribution in [3.63, 3.8) is 0 Å². The van der Waals surface area contributed by atoms with Crippen LogP contribution in [-0.4, -0.2) is 47.0 Å². The van der Waals surface area contributed by atoms with E-state index in [0.29, 0.717) is 6.54 Å². The van der Waals surface area contributed by atoms with Gasteiger partial charge in [-0.2, -0.15) is 0 Å². The number of rotatable bonds is 6. The number of nitrogens with zero attached hydrogens (tertiary/aromatic N) is 2. The van der Waals surface area contributed by atoms with E-state index in [2.05, 4.69) is 20.2 Å². The lowest BCUT2D eigenvalue weighted by Gasteiger charge is -2.16. The molecule has 2 heterocycles. The normalized spacial score (nSPS) is 16.4. The summed E-state index contributed by atoms with van der Waals surface area (Å²) in [7, 11) is 1.47. The van der Waals surface area contributed by atoms with Crippen LogP contribution >= 0.6 is 11.8 Å². The monoisotopic (exact) mass is 374 g/mol. The molecular weight excluding hydrogens is 352 g/mol. The van der Waals surface area contributed by atoms with Crippen LogP contribution in [0.1, 0.15) is 12.8 Å². The molecule has 3 amide bonds. The second-order valence-electron chi connectivity index (χ2n) is 5.95. The van der Waals surface area contributed by atoms with Crippen molar-refractivity contribution in [1.82, 2.24) is 20.2 Å². The first-order chi connectivity index (χ1) is 12.7. The van der Waals surface area contributed by atoms with Gasteiger partial charge in [0.15, 0.2) is 5.16 Å². The number of nitrogens with one attached hydrogen (secondary N) is 2. The van der Waals surface area contributed by atoms with Crippen LogP contribution < -0.4 is 10.6 Å². The standard InChI is InChI=1S/C18H22N4O3S/c1-19-17(24)21-16(23)12-26-18-20-10-15(13-6-3-2-4-7-13)22(18)11-14-8-5-9-25-14/h2-4,6-7,10,14H,5,8-9,11-12H2,1H3,(H2,19,21,23,24). The van der Waals surface area contributed by atoms with Crippen LogP contribution in [0.4, 0.5) is 4.79 Å². The minimum Gasteiger partial charge on any atom is -0.376 e. The Morgan fingerprint density at radius 1 is 1.35 bits per heavy atom. The number of carbonyl (C=O) groups is 2. The lowest BCUT2D eigenvalue weighted by atomic mass is 10.1. The van der Waals surface area contributed by atoms with E-state index < -0.39 is 6.03 Å². The predicted molar refractivity (Wildman–Crippen MR) is 100.0 cm³/mol. The van der Waals surface area contributed by atoms with Gasteiger partial charge >= 0.3 is 6.03 Å². The van der Waals surface area contributed by atoms with Gasteiger partial charge in [-0.05, 0) is 18.4 Å². The van der Waals surface area contributed by atoms with E-state index in [1.54, 1.807) is 0 Å². The topological polar surface area (TPSA) is 85.3 Å². The highest BCUT2D eigenvalue weighted by Crippen LogP contribution is 2.28. The zero-order valence-electron chi connectivity index (χ0n) is 14.6. The summed E-state index contributed by atoms with van der Waals surface area (Å²) in [6.45, 7) is 1.49. The molecule has 1 fully saturated rings. The molecule has 1 aliphatic heterocycles. The van der Waals surface area contributed by atoms with E-state index in [1.165, 1.54) is 18.8 Å². The number of thioether (sulfide) groups is 1. The van der Waals surface area contributed by atoms with E-state index in [4.69, 9.17) is 4.74 Å². The van der Waals surface area contributed by atoms with E-state index >= 15 is 0 Å². The largest absolute Gasteiger partial charge is 0.376 e. The molecule has 0 spiro atoms. The first kappa shape index (κ1) is 18.5. The first-order valence-electron chi connectivity index (χ1n) is 8.54. The lowest BCUT2D eigenvalue weighted by molar-refractivity contribution is -0.117. The zero-order valence-corrected chi connectivity index (χ0v) is 15.4. The Morgan fingerprint density at radius 2 is 2.15 bits per heavy atom. The van der Waals surface area contributed by atoms with Crippen molar-refractivity contribution >= 4 is 23.7 Å². The van der Waals surface area contributed by atoms with Crippen LogP contribution in [0.25, 0.3) is 11.3 Å². The lowest BCUT2D eigenvalue weighted by Crippen LogP contribution is -2.38. The number of carbonyl (C=O) groups excluding carboxylic acids is 2. The average molecular weight is 374 g/mol. The quantitative estimate of drug-likeness (QED) is 0.758. The number of hydrogen-bond donors (Lipinski definition) is 2. The molecule has 26 heavy (non-hydrogen) atoms. The second-order valence-corrected chi connectivity index (χ2v) is 6.90. The number of benzene rings is 1. The molecule has 1 unspecified atom stereocenters. The van der Waals surface area contributed by atoms with Gasteiger partial charge in [0.1, 0.15) is 0 Å². The molecule has 1 aromatic carbocycles. The fourth-order valence-electron chi connectivity index (χ4n) is 2.84. The summed E-state index contributed by atoms with van der Waals surface area (Å²) in [4.78, 5) is 27.6. The number of imide groups is 1. The molecule has 0 bridgehead atoms. The van der Waals surface area contributed by atoms with Gasteiger partial charge in [-0.25, -0.2) is 9.78 Å². The molecule has 2 N–H and O–H groups in total. The maximum absolute atomic E-state index is 11.9. The second kappa shape index (κ2) is 8.86. The van der Waals surface area contributed by atoms with Crippen LogP contribution in [-0.2, 0) is 16.1 Å². The summed E-state index contributed by atoms with van der Waals surface area (Å²) >= 11 is 1.31. The van der Waals surface area contributed by atoms with Crippen molar-refractivity contribution in [1.29, 1.82) is 0 Å². The van der Waals surface area contributed by atoms with Gasteiger partial charge in [0, 0.05) is 13.7 Å². The average Bonchev–Trinajstić information content (AvgIpc) is 3.31. The maximum Gasteiger partial charge on any atom is 0.321 e. The molecule has 3 rings (SSSR count). The number of amides is 3. The third-order valence-electron chi connectivity index (χ3n) is 4.11. The molecule has 1 aliphatic rings. The van der Waals surface area contributed by atoms with Crippen LogP contribution in [0.5, 0.6) is 0 Å². The fraction of sp³-hybridized carbons (Fsp3) is 0.389. The van der Waals surface area contributed by atoms with E-state index in [9.17, 15) is 9.59 Å². The Labute approximate surface area is 156 Å². The van der Waals surface area contributed by atoms with Gasteiger partial charge in [-0.15, -0.1) is 0 Å². The van der Waals surface area contributed by atoms with Crippen molar-refractivity contribution in [2.75, 3.05) is 19.4 Å². The first-order valence-corrected chi connectivity index (χ1v) is 9.53. The summed E-state index contributed by atoms with van der Waals surface area (Å²) in [5, 5.41) is 5.36. The number of ether oxygens (including phenoxy) is 1. The minimum absolute atomic E-state index is 0.115. The van der Waals surface area contributed by atoms with Crippen molar-refractivity contribution < 1.29 is 14.3 Å². The molecule has 2 aromatic rings. The molecule has 0 aliphatic carbocycles. The smallest absolute Gasteiger partial charge is 0.321 e. The molecule has 1 saturated heterocycles. The highest BCUT2D eigenvalue weighted by Gasteiger charge is 2.21. The summed E-state index contributed by atoms with van der Waals surface area (Å²) < 4.78 is 7.88. The Morgan fingerprint density at radius 3 is 2.85 bits per heavy atom. The molecule has 7 nitrogen and oxygen atoms in total. The Kier molecular flexibility index (Phi) is 6.30. The number of imidazole rings is 1. The Bertz CT molecular complexity index is 757. The predicted octanol–water partition coefficient (Wildman–Crippen LogP) is 2.28. The van der Waals surface area contributed by atoms with E-state index in [1.807, 2.05) is 36.5 Å². The van der Waals surface area contributed by atoms with Crippen LogP contribution in [0.3, 0.4) is 0 Å². The molecular formula is C18H22N4O3S. The summed E-state index contributed by atoms with van der Waals surface area (Å²) in [6, 6.07) is 9.52. The third kappa shape index (κ3) is 4.64. The Balaban J connectivity index is 1.77. The molecule has 0 radical (unpaired) electrons. The van der Waals surface area contributed by atoms with E-state index in [0.717, 1.165) is 35.9 Å². The van der Waals surface area contributed by atoms with Gasteiger partial charge < -0.3 is 14.6 Å². The summed E-state index contributed by atoms with van der Waals surface area (Å²) in [5.41, 5.74) is 2.06. The SMILES string of the molecule is CNC(=O)NC(=O)CSc1ncc(-c2ccccc2)n1CC1CCCO1. The van der Waals surface area contributed by atoms with Gasteiger partial charge in [0.05, 0.1) is 30.3 Å². The van der Waals surface area contributed by atoms with Crippen molar-refractivity contribution in [2.45, 2.75) is 30.6 Å². The molecule has 138 valence electrons. The van der Waals surface area contributed by atoms with Crippen molar-refractivity contribution in [3.05, 3.63) is 36.5 Å². The molecule has 1 aromatic heterocycles. The van der Waals surface area contributed by atoms with Gasteiger partial charge in [0.2, 0.25) is 5.91 Å². The number of hydrogen-bond acceptors (Lipinski definition) is 5. The van der Waals surface area contributed by atoms with Gasteiger partial charge in [0.25, 0.3) is 0 Å². The molecule has 8 heteroatoms. The van der Waals surface area contributed by atoms with Gasteiger partial charge in [-0.1, -0.05) is 42.1 Å². The maximum atomic E-state index is 11.9. The van der Waals surface area contributed by atoms with Crippen LogP contribution in [0.2, 0.25) is 0 Å². The fourth-order valence-corrected chi connectivity index (χ4v) is 3.63. The molecule has 0 saturated carbocycles. The number of urea groups is 1. The van der Waals surface area contributed by atoms with Crippen molar-refractivity contribution in [3.8, 4) is 11.3 Å². The van der Waals surface area contributed by atoms with Crippen LogP contribution in [0, 0.1) is 0 Å². The number of aromatic nitrogens is 2. The Hall–Kier alpha value is -2.32. The minimum atomic E-state index is -0.511. The zero-order chi connectivity index (χ0) is 18.4. The highest BCUT2D eigenvalue weighted by molar-refractivity contribution is 7.99. The van der Waals surface area contributed by atoms with Crippen LogP contribution in [0.15, 0.2) is 41.7 Å². The third-order valence-corrected chi connectivity index (χ3v) is 5.10.